The summed E-state index contributed by atoms with van der Waals surface area (Å²) in [4.78, 5) is -0.147. The van der Waals surface area contributed by atoms with Gasteiger partial charge in [0.05, 0.1) is 5.56 Å². The summed E-state index contributed by atoms with van der Waals surface area (Å²) in [5.41, 5.74) is 7.03. The molecule has 0 aliphatic rings. The molecular formula is C10H11ClN2O2S. The van der Waals surface area contributed by atoms with Crippen molar-refractivity contribution in [3.8, 4) is 6.07 Å². The minimum absolute atomic E-state index is 0.0976. The highest BCUT2D eigenvalue weighted by molar-refractivity contribution is 8.13. The van der Waals surface area contributed by atoms with Gasteiger partial charge in [-0.2, -0.15) is 5.26 Å². The van der Waals surface area contributed by atoms with Crippen molar-refractivity contribution in [2.45, 2.75) is 24.8 Å². The van der Waals surface area contributed by atoms with Crippen LogP contribution in [0.4, 0.5) is 0 Å². The quantitative estimate of drug-likeness (QED) is 0.833. The zero-order valence-corrected chi connectivity index (χ0v) is 10.3. The fourth-order valence-electron chi connectivity index (χ4n) is 1.59. The van der Waals surface area contributed by atoms with Crippen molar-refractivity contribution in [3.63, 3.8) is 0 Å². The van der Waals surface area contributed by atoms with Gasteiger partial charge in [-0.15, -0.1) is 0 Å². The van der Waals surface area contributed by atoms with Gasteiger partial charge in [0, 0.05) is 17.2 Å². The minimum atomic E-state index is -3.89. The Labute approximate surface area is 99.1 Å². The lowest BCUT2D eigenvalue weighted by molar-refractivity contribution is 0.609. The van der Waals surface area contributed by atoms with E-state index in [9.17, 15) is 8.42 Å². The molecule has 16 heavy (non-hydrogen) atoms. The van der Waals surface area contributed by atoms with Gasteiger partial charge in [-0.3, -0.25) is 0 Å². The van der Waals surface area contributed by atoms with Crippen LogP contribution in [0.25, 0.3) is 0 Å². The lowest BCUT2D eigenvalue weighted by Crippen LogP contribution is -2.06. The van der Waals surface area contributed by atoms with E-state index in [1.165, 1.54) is 6.07 Å². The van der Waals surface area contributed by atoms with Crippen LogP contribution in [0.15, 0.2) is 17.0 Å². The van der Waals surface area contributed by atoms with Crippen molar-refractivity contribution in [2.24, 2.45) is 5.73 Å². The Bertz CT molecular complexity index is 547. The maximum Gasteiger partial charge on any atom is 0.262 e. The second-order valence-corrected chi connectivity index (χ2v) is 5.72. The van der Waals surface area contributed by atoms with Crippen molar-refractivity contribution >= 4 is 19.7 Å². The lowest BCUT2D eigenvalue weighted by Gasteiger charge is -2.10. The summed E-state index contributed by atoms with van der Waals surface area (Å²) >= 11 is 0. The highest BCUT2D eigenvalue weighted by Gasteiger charge is 2.19. The van der Waals surface area contributed by atoms with Crippen LogP contribution in [0.3, 0.4) is 0 Å². The Morgan fingerprint density at radius 2 is 2.12 bits per heavy atom. The molecule has 1 aromatic rings. The van der Waals surface area contributed by atoms with Gasteiger partial charge < -0.3 is 5.73 Å². The van der Waals surface area contributed by atoms with Crippen molar-refractivity contribution < 1.29 is 8.42 Å². The summed E-state index contributed by atoms with van der Waals surface area (Å²) < 4.78 is 22.5. The second-order valence-electron chi connectivity index (χ2n) is 3.18. The van der Waals surface area contributed by atoms with Crippen molar-refractivity contribution in [2.75, 3.05) is 0 Å². The molecule has 86 valence electrons. The molecule has 0 bridgehead atoms. The molecule has 0 unspecified atom stereocenters. The molecule has 0 radical (unpaired) electrons. The van der Waals surface area contributed by atoms with Gasteiger partial charge in [-0.25, -0.2) is 8.42 Å². The fraction of sp³-hybridized carbons (Fsp3) is 0.300. The second kappa shape index (κ2) is 4.83. The molecule has 0 amide bonds. The SMILES string of the molecule is CCc1c(CN)ccc(S(=O)(=O)Cl)c1C#N. The zero-order valence-electron chi connectivity index (χ0n) is 8.70. The predicted molar refractivity (Wildman–Crippen MR) is 61.5 cm³/mol. The summed E-state index contributed by atoms with van der Waals surface area (Å²) in [6.07, 6.45) is 0.537. The first kappa shape index (κ1) is 13.0. The third kappa shape index (κ3) is 2.35. The molecule has 1 rings (SSSR count). The fourth-order valence-corrected chi connectivity index (χ4v) is 2.62. The Morgan fingerprint density at radius 1 is 1.50 bits per heavy atom. The first-order valence-electron chi connectivity index (χ1n) is 4.65. The molecule has 4 nitrogen and oxygen atoms in total. The predicted octanol–water partition coefficient (Wildman–Crippen LogP) is 1.51. The number of benzene rings is 1. The normalized spacial score (nSPS) is 11.1. The van der Waals surface area contributed by atoms with Crippen LogP contribution in [-0.2, 0) is 22.0 Å². The van der Waals surface area contributed by atoms with E-state index in [-0.39, 0.29) is 17.0 Å². The molecule has 1 aromatic carbocycles. The van der Waals surface area contributed by atoms with Crippen LogP contribution < -0.4 is 5.73 Å². The van der Waals surface area contributed by atoms with E-state index in [0.717, 1.165) is 5.56 Å². The topological polar surface area (TPSA) is 84.0 Å². The molecule has 0 heterocycles. The largest absolute Gasteiger partial charge is 0.326 e. The van der Waals surface area contributed by atoms with E-state index in [4.69, 9.17) is 21.7 Å². The Morgan fingerprint density at radius 3 is 2.50 bits per heavy atom. The van der Waals surface area contributed by atoms with Gasteiger partial charge in [0.15, 0.2) is 0 Å². The summed E-state index contributed by atoms with van der Waals surface area (Å²) in [5.74, 6) is 0. The molecule has 0 saturated heterocycles. The molecule has 0 atom stereocenters. The maximum atomic E-state index is 11.3. The van der Waals surface area contributed by atoms with Crippen LogP contribution in [0, 0.1) is 11.3 Å². The molecule has 0 spiro atoms. The van der Waals surface area contributed by atoms with Gasteiger partial charge in [0.25, 0.3) is 9.05 Å². The third-order valence-corrected chi connectivity index (χ3v) is 3.68. The summed E-state index contributed by atoms with van der Waals surface area (Å²) in [7, 11) is 1.36. The first-order valence-corrected chi connectivity index (χ1v) is 6.96. The summed E-state index contributed by atoms with van der Waals surface area (Å²) in [6, 6.07) is 4.79. The van der Waals surface area contributed by atoms with Crippen molar-refractivity contribution in [1.82, 2.24) is 0 Å². The minimum Gasteiger partial charge on any atom is -0.326 e. The van der Waals surface area contributed by atoms with Crippen molar-refractivity contribution in [1.29, 1.82) is 5.26 Å². The summed E-state index contributed by atoms with van der Waals surface area (Å²) in [5, 5.41) is 9.00. The number of nitrogens with two attached hydrogens (primary N) is 1. The Balaban J connectivity index is 3.65. The monoisotopic (exact) mass is 258 g/mol. The van der Waals surface area contributed by atoms with Crippen LogP contribution in [0.2, 0.25) is 0 Å². The molecule has 6 heteroatoms. The molecule has 0 fully saturated rings. The molecule has 2 N–H and O–H groups in total. The van der Waals surface area contributed by atoms with E-state index < -0.39 is 9.05 Å². The third-order valence-electron chi connectivity index (χ3n) is 2.32. The number of nitriles is 1. The van der Waals surface area contributed by atoms with E-state index in [1.807, 2.05) is 13.0 Å². The van der Waals surface area contributed by atoms with Crippen LogP contribution >= 0.6 is 10.7 Å². The zero-order chi connectivity index (χ0) is 12.3. The molecule has 0 aliphatic heterocycles. The average molecular weight is 259 g/mol. The highest BCUT2D eigenvalue weighted by Crippen LogP contribution is 2.25. The molecule has 0 aliphatic carbocycles. The van der Waals surface area contributed by atoms with Gasteiger partial charge in [-0.05, 0) is 23.6 Å². The maximum absolute atomic E-state index is 11.3. The average Bonchev–Trinajstić information content (AvgIpc) is 2.25. The number of rotatable bonds is 3. The van der Waals surface area contributed by atoms with Crippen LogP contribution in [0.1, 0.15) is 23.6 Å². The Kier molecular flexibility index (Phi) is 3.92. The first-order chi connectivity index (χ1) is 7.45. The Hall–Kier alpha value is -1.09. The molecule has 0 saturated carbocycles. The van der Waals surface area contributed by atoms with E-state index in [0.29, 0.717) is 12.0 Å². The van der Waals surface area contributed by atoms with Gasteiger partial charge in [0.2, 0.25) is 0 Å². The van der Waals surface area contributed by atoms with Crippen molar-refractivity contribution in [3.05, 3.63) is 28.8 Å². The van der Waals surface area contributed by atoms with E-state index in [2.05, 4.69) is 0 Å². The van der Waals surface area contributed by atoms with Gasteiger partial charge in [0.1, 0.15) is 11.0 Å². The standard InChI is InChI=1S/C10H11ClN2O2S/c1-2-8-7(5-12)3-4-10(9(8)6-13)16(11,14)15/h3-4H,2,5,12H2,1H3. The number of hydrogen-bond donors (Lipinski definition) is 1. The van der Waals surface area contributed by atoms with Crippen LogP contribution in [0.5, 0.6) is 0 Å². The summed E-state index contributed by atoms with van der Waals surface area (Å²) in [6.45, 7) is 2.10. The number of nitrogens with zero attached hydrogens (tertiary/aromatic N) is 1. The number of hydrogen-bond acceptors (Lipinski definition) is 4. The smallest absolute Gasteiger partial charge is 0.262 e. The molecule has 0 aromatic heterocycles. The molecular weight excluding hydrogens is 248 g/mol. The van der Waals surface area contributed by atoms with Gasteiger partial charge >= 0.3 is 0 Å². The highest BCUT2D eigenvalue weighted by atomic mass is 35.7. The lowest BCUT2D eigenvalue weighted by atomic mass is 9.99. The van der Waals surface area contributed by atoms with Gasteiger partial charge in [-0.1, -0.05) is 13.0 Å². The number of halogens is 1. The van der Waals surface area contributed by atoms with E-state index in [1.54, 1.807) is 6.07 Å². The van der Waals surface area contributed by atoms with E-state index >= 15 is 0 Å². The van der Waals surface area contributed by atoms with Crippen LogP contribution in [-0.4, -0.2) is 8.42 Å².